The number of benzene rings is 1. The van der Waals surface area contributed by atoms with Crippen molar-refractivity contribution in [3.8, 4) is 23.6 Å². The Balaban J connectivity index is 4.04. The lowest BCUT2D eigenvalue weighted by molar-refractivity contribution is 0.231. The Morgan fingerprint density at radius 1 is 0.875 bits per heavy atom. The average Bonchev–Trinajstić information content (AvgIpc) is 2.51. The van der Waals surface area contributed by atoms with Gasteiger partial charge in [0.15, 0.2) is 0 Å². The molecule has 0 atom stereocenters. The highest BCUT2D eigenvalue weighted by Gasteiger charge is 2.13. The van der Waals surface area contributed by atoms with Crippen molar-refractivity contribution in [3.05, 3.63) is 45.4 Å². The van der Waals surface area contributed by atoms with Crippen molar-refractivity contribution in [2.75, 3.05) is 0 Å². The van der Waals surface area contributed by atoms with Crippen molar-refractivity contribution in [1.29, 1.82) is 10.5 Å². The Morgan fingerprint density at radius 3 is 1.42 bits per heavy atom. The van der Waals surface area contributed by atoms with E-state index in [4.69, 9.17) is 22.6 Å². The third kappa shape index (κ3) is 4.26. The fraction of sp³-hybridized carbons (Fsp3) is 0.333. The second-order valence-corrected chi connectivity index (χ2v) is 5.32. The summed E-state index contributed by atoms with van der Waals surface area (Å²) in [6.45, 7) is 21.5. The van der Waals surface area contributed by atoms with Crippen LogP contribution in [0, 0.1) is 35.8 Å². The molecule has 6 nitrogen and oxygen atoms in total. The molecule has 0 saturated carbocycles. The van der Waals surface area contributed by atoms with Crippen molar-refractivity contribution in [2.24, 2.45) is 0 Å². The number of rotatable bonds is 4. The summed E-state index contributed by atoms with van der Waals surface area (Å²) in [5.41, 5.74) is -0.292. The molecule has 0 N–H and O–H groups in total. The highest BCUT2D eigenvalue weighted by molar-refractivity contribution is 5.71. The van der Waals surface area contributed by atoms with E-state index in [1.807, 2.05) is 12.1 Å². The van der Waals surface area contributed by atoms with E-state index in [0.717, 1.165) is 0 Å². The molecule has 0 spiro atoms. The molecule has 0 aliphatic rings. The molecule has 1 aromatic carbocycles. The van der Waals surface area contributed by atoms with E-state index in [-0.39, 0.29) is 45.5 Å². The van der Waals surface area contributed by atoms with Crippen molar-refractivity contribution in [3.63, 3.8) is 0 Å². The quantitative estimate of drug-likeness (QED) is 0.798. The predicted molar refractivity (Wildman–Crippen MR) is 88.5 cm³/mol. The molecule has 0 fully saturated rings. The lowest BCUT2D eigenvalue weighted by Gasteiger charge is -2.15. The van der Waals surface area contributed by atoms with Gasteiger partial charge in [-0.15, -0.1) is 0 Å². The van der Waals surface area contributed by atoms with E-state index in [2.05, 4.69) is 9.69 Å². The van der Waals surface area contributed by atoms with Gasteiger partial charge in [-0.2, -0.15) is 0 Å². The molecule has 0 aromatic heterocycles. The van der Waals surface area contributed by atoms with Crippen molar-refractivity contribution < 1.29 is 9.47 Å². The third-order valence-electron chi connectivity index (χ3n) is 2.75. The van der Waals surface area contributed by atoms with E-state index >= 15 is 0 Å². The van der Waals surface area contributed by atoms with Gasteiger partial charge in [0, 0.05) is 10.4 Å². The molecule has 24 heavy (non-hydrogen) atoms. The summed E-state index contributed by atoms with van der Waals surface area (Å²) in [5, 5.41) is 18.9. The summed E-state index contributed by atoms with van der Waals surface area (Å²) < 4.78 is 11.3. The lowest BCUT2D eigenvalue weighted by Crippen LogP contribution is -2.23. The van der Waals surface area contributed by atoms with E-state index < -0.39 is 0 Å². The maximum atomic E-state index is 9.18. The molecule has 0 unspecified atom stereocenters. The Labute approximate surface area is 141 Å². The normalized spacial score (nSPS) is 12.4. The van der Waals surface area contributed by atoms with Crippen LogP contribution >= 0.6 is 0 Å². The summed E-state index contributed by atoms with van der Waals surface area (Å²) in [7, 11) is 0. The summed E-state index contributed by atoms with van der Waals surface area (Å²) >= 11 is 0. The van der Waals surface area contributed by atoms with Gasteiger partial charge in [0.1, 0.15) is 11.5 Å². The zero-order valence-corrected chi connectivity index (χ0v) is 13.9. The van der Waals surface area contributed by atoms with Crippen molar-refractivity contribution >= 4 is 11.4 Å². The average molecular weight is 320 g/mol. The number of nitrogens with zero attached hydrogens (tertiary/aromatic N) is 4. The molecule has 0 amide bonds. The summed E-state index contributed by atoms with van der Waals surface area (Å²) in [6.07, 6.45) is -0.421. The second-order valence-electron chi connectivity index (χ2n) is 5.32. The van der Waals surface area contributed by atoms with Crippen LogP contribution in [0.15, 0.2) is 12.1 Å². The van der Waals surface area contributed by atoms with Crippen LogP contribution in [0.1, 0.15) is 27.7 Å². The van der Waals surface area contributed by atoms with Crippen LogP contribution < -0.4 is 19.9 Å². The first kappa shape index (κ1) is 18.6. The molecule has 0 heterocycles. The standard InChI is InChI=1S/C18H16N4O2/c1-11(2)23-17-7-14(16(10-20)22-6)18(24-12(3)4)8-13(17)15(9-19)21-5/h7-8,11-12H,1-4H3/b15-13-,16-14+. The Hall–Kier alpha value is -3.48. The summed E-state index contributed by atoms with van der Waals surface area (Å²) in [6, 6.07) is 6.62. The van der Waals surface area contributed by atoms with E-state index in [9.17, 15) is 10.5 Å². The highest BCUT2D eigenvalue weighted by Crippen LogP contribution is 2.14. The molecule has 120 valence electrons. The van der Waals surface area contributed by atoms with Gasteiger partial charge in [-0.3, -0.25) is 0 Å². The SMILES string of the molecule is [C-]#[N+]/C(C#N)=c1/cc(OC(C)C)/c(=C(\C#N)[N+]#[C-])cc1OC(C)C. The second kappa shape index (κ2) is 8.23. The first-order valence-corrected chi connectivity index (χ1v) is 7.19. The third-order valence-corrected chi connectivity index (χ3v) is 2.75. The van der Waals surface area contributed by atoms with Crippen molar-refractivity contribution in [1.82, 2.24) is 0 Å². The molecule has 0 bridgehead atoms. The molecule has 1 aromatic rings. The van der Waals surface area contributed by atoms with Crippen LogP contribution in [-0.4, -0.2) is 12.2 Å². The first-order valence-electron chi connectivity index (χ1n) is 7.19. The van der Waals surface area contributed by atoms with E-state index in [1.54, 1.807) is 27.7 Å². The van der Waals surface area contributed by atoms with Gasteiger partial charge in [0.25, 0.3) is 11.4 Å². The van der Waals surface area contributed by atoms with E-state index in [0.29, 0.717) is 0 Å². The largest absolute Gasteiger partial charge is 0.492 e. The Morgan fingerprint density at radius 2 is 1.21 bits per heavy atom. The highest BCUT2D eigenvalue weighted by atomic mass is 16.5. The number of nitriles is 2. The number of hydrogen-bond acceptors (Lipinski definition) is 4. The predicted octanol–water partition coefficient (Wildman–Crippen LogP) is 2.36. The fourth-order valence-electron chi connectivity index (χ4n) is 1.92. The van der Waals surface area contributed by atoms with Crippen LogP contribution in [0.3, 0.4) is 0 Å². The number of ether oxygens (including phenoxy) is 2. The van der Waals surface area contributed by atoms with Gasteiger partial charge in [-0.1, -0.05) is 0 Å². The first-order chi connectivity index (χ1) is 11.4. The smallest absolute Gasteiger partial charge is 0.272 e. The van der Waals surface area contributed by atoms with Crippen molar-refractivity contribution in [2.45, 2.75) is 39.9 Å². The Bertz CT molecular complexity index is 807. The van der Waals surface area contributed by atoms with Gasteiger partial charge < -0.3 is 9.47 Å². The van der Waals surface area contributed by atoms with Crippen LogP contribution in [0.25, 0.3) is 21.1 Å². The molecule has 6 heteroatoms. The zero-order valence-electron chi connectivity index (χ0n) is 13.9. The minimum absolute atomic E-state index is 0.146. The van der Waals surface area contributed by atoms with Crippen LogP contribution in [-0.2, 0) is 0 Å². The molecule has 0 aliphatic heterocycles. The maximum Gasteiger partial charge on any atom is 0.272 e. The van der Waals surface area contributed by atoms with Gasteiger partial charge >= 0.3 is 0 Å². The van der Waals surface area contributed by atoms with Gasteiger partial charge in [0.05, 0.1) is 37.5 Å². The minimum Gasteiger partial charge on any atom is -0.492 e. The molecular formula is C18H16N4O2. The van der Waals surface area contributed by atoms with Gasteiger partial charge in [0.2, 0.25) is 0 Å². The maximum absolute atomic E-state index is 9.18. The summed E-state index contributed by atoms with van der Waals surface area (Å²) in [4.78, 5) is 6.44. The zero-order chi connectivity index (χ0) is 18.3. The molecule has 0 aliphatic carbocycles. The van der Waals surface area contributed by atoms with Crippen LogP contribution in [0.2, 0.25) is 0 Å². The molecule has 0 saturated heterocycles. The van der Waals surface area contributed by atoms with Crippen LogP contribution in [0.4, 0.5) is 0 Å². The lowest BCUT2D eigenvalue weighted by atomic mass is 10.1. The fourth-order valence-corrected chi connectivity index (χ4v) is 1.92. The van der Waals surface area contributed by atoms with Gasteiger partial charge in [-0.05, 0) is 39.8 Å². The topological polar surface area (TPSA) is 74.8 Å². The van der Waals surface area contributed by atoms with Crippen LogP contribution in [0.5, 0.6) is 11.5 Å². The molecule has 0 radical (unpaired) electrons. The Kier molecular flexibility index (Phi) is 6.37. The summed E-state index contributed by atoms with van der Waals surface area (Å²) in [5.74, 6) is 0.528. The van der Waals surface area contributed by atoms with E-state index in [1.165, 1.54) is 12.1 Å². The molecular weight excluding hydrogens is 304 g/mol. The number of hydrogen-bond donors (Lipinski definition) is 0. The minimum atomic E-state index is -0.211. The van der Waals surface area contributed by atoms with Gasteiger partial charge in [-0.25, -0.2) is 20.2 Å². The monoisotopic (exact) mass is 320 g/mol. The molecule has 1 rings (SSSR count).